The van der Waals surface area contributed by atoms with Crippen molar-refractivity contribution in [2.24, 2.45) is 5.92 Å². The summed E-state index contributed by atoms with van der Waals surface area (Å²) in [6.45, 7) is 0. The summed E-state index contributed by atoms with van der Waals surface area (Å²) in [7, 11) is 0. The van der Waals surface area contributed by atoms with E-state index < -0.39 is 0 Å². The number of benzene rings is 1. The first kappa shape index (κ1) is 9.02. The number of para-hydroxylation sites is 1. The number of hydrogen-bond acceptors (Lipinski definition) is 0. The Bertz CT molecular complexity index is 386. The minimum atomic E-state index is 0.728. The normalized spacial score (nSPS) is 20.7. The van der Waals surface area contributed by atoms with Crippen LogP contribution in [0.5, 0.6) is 0 Å². The standard InChI is InChI=1S/C14H16N/c1-2-6-11(7-3-1)14-10-12-8-4-5-9-13(12)15-14/h4-5,8-11H,1-3,6-7H2. The van der Waals surface area contributed by atoms with Crippen LogP contribution in [-0.4, -0.2) is 0 Å². The average Bonchev–Trinajstić information content (AvgIpc) is 2.74. The number of fused-ring (bicyclic) bond motifs is 1. The molecule has 1 radical (unpaired) electrons. The molecule has 1 fully saturated rings. The number of allylic oxidation sites excluding steroid dienone is 1. The Morgan fingerprint density at radius 1 is 1.00 bits per heavy atom. The van der Waals surface area contributed by atoms with E-state index in [9.17, 15) is 0 Å². The summed E-state index contributed by atoms with van der Waals surface area (Å²) in [5.41, 5.74) is 3.80. The van der Waals surface area contributed by atoms with Crippen LogP contribution in [0.2, 0.25) is 0 Å². The molecule has 3 rings (SSSR count). The number of hydrogen-bond donors (Lipinski definition) is 0. The zero-order valence-corrected chi connectivity index (χ0v) is 8.95. The molecule has 2 aliphatic rings. The van der Waals surface area contributed by atoms with Crippen molar-refractivity contribution in [2.45, 2.75) is 32.1 Å². The molecule has 1 saturated carbocycles. The van der Waals surface area contributed by atoms with E-state index in [1.165, 1.54) is 43.4 Å². The number of rotatable bonds is 1. The fourth-order valence-corrected chi connectivity index (χ4v) is 2.65. The van der Waals surface area contributed by atoms with Crippen LogP contribution in [0, 0.1) is 5.92 Å². The predicted molar refractivity (Wildman–Crippen MR) is 62.8 cm³/mol. The van der Waals surface area contributed by atoms with Gasteiger partial charge in [-0.3, -0.25) is 5.32 Å². The molecule has 0 amide bonds. The Hall–Kier alpha value is -1.24. The molecule has 0 saturated heterocycles. The van der Waals surface area contributed by atoms with E-state index in [0.29, 0.717) is 0 Å². The van der Waals surface area contributed by atoms with Crippen LogP contribution in [0.25, 0.3) is 6.08 Å². The third-order valence-corrected chi connectivity index (χ3v) is 3.51. The van der Waals surface area contributed by atoms with Crippen LogP contribution in [0.1, 0.15) is 37.7 Å². The van der Waals surface area contributed by atoms with Crippen molar-refractivity contribution >= 4 is 11.8 Å². The fraction of sp³-hybridized carbons (Fsp3) is 0.429. The van der Waals surface area contributed by atoms with Crippen LogP contribution in [-0.2, 0) is 0 Å². The molecule has 0 atom stereocenters. The van der Waals surface area contributed by atoms with Gasteiger partial charge in [0.25, 0.3) is 0 Å². The zero-order chi connectivity index (χ0) is 10.1. The van der Waals surface area contributed by atoms with Gasteiger partial charge in [0.05, 0.1) is 5.69 Å². The zero-order valence-electron chi connectivity index (χ0n) is 8.95. The van der Waals surface area contributed by atoms with Gasteiger partial charge in [-0.2, -0.15) is 0 Å². The van der Waals surface area contributed by atoms with Crippen molar-refractivity contribution in [3.63, 3.8) is 0 Å². The van der Waals surface area contributed by atoms with Crippen molar-refractivity contribution in [1.29, 1.82) is 0 Å². The lowest BCUT2D eigenvalue weighted by Crippen LogP contribution is -2.12. The quantitative estimate of drug-likeness (QED) is 0.650. The summed E-state index contributed by atoms with van der Waals surface area (Å²) in [6.07, 6.45) is 9.14. The smallest absolute Gasteiger partial charge is 0.0706 e. The lowest BCUT2D eigenvalue weighted by atomic mass is 9.87. The molecule has 0 N–H and O–H groups in total. The first-order valence-corrected chi connectivity index (χ1v) is 5.96. The summed E-state index contributed by atoms with van der Waals surface area (Å²) >= 11 is 0. The highest BCUT2D eigenvalue weighted by atomic mass is 14.9. The van der Waals surface area contributed by atoms with E-state index in [0.717, 1.165) is 11.6 Å². The van der Waals surface area contributed by atoms with E-state index >= 15 is 0 Å². The van der Waals surface area contributed by atoms with E-state index in [-0.39, 0.29) is 0 Å². The van der Waals surface area contributed by atoms with Crippen molar-refractivity contribution in [2.75, 3.05) is 0 Å². The van der Waals surface area contributed by atoms with Gasteiger partial charge in [-0.25, -0.2) is 0 Å². The molecule has 15 heavy (non-hydrogen) atoms. The highest BCUT2D eigenvalue weighted by Crippen LogP contribution is 2.36. The Morgan fingerprint density at radius 2 is 1.80 bits per heavy atom. The van der Waals surface area contributed by atoms with Crippen LogP contribution >= 0.6 is 0 Å². The Kier molecular flexibility index (Phi) is 2.24. The third kappa shape index (κ3) is 1.67. The SMILES string of the molecule is C1=C(C2CCCCC2)[N]c2ccccc21. The first-order chi connectivity index (χ1) is 7.43. The van der Waals surface area contributed by atoms with Crippen molar-refractivity contribution in [3.8, 4) is 0 Å². The maximum absolute atomic E-state index is 4.74. The van der Waals surface area contributed by atoms with Gasteiger partial charge in [-0.1, -0.05) is 37.5 Å². The maximum atomic E-state index is 4.74. The van der Waals surface area contributed by atoms with Gasteiger partial charge in [-0.15, -0.1) is 0 Å². The second-order valence-corrected chi connectivity index (χ2v) is 4.57. The molecule has 1 heteroatoms. The Balaban J connectivity index is 1.81. The second kappa shape index (κ2) is 3.73. The number of nitrogens with zero attached hydrogens (tertiary/aromatic N) is 1. The minimum Gasteiger partial charge on any atom is -0.253 e. The molecule has 77 valence electrons. The summed E-state index contributed by atoms with van der Waals surface area (Å²) in [5.74, 6) is 0.728. The van der Waals surface area contributed by atoms with Gasteiger partial charge in [0.2, 0.25) is 0 Å². The predicted octanol–water partition coefficient (Wildman–Crippen LogP) is 3.86. The van der Waals surface area contributed by atoms with E-state index in [1.807, 2.05) is 0 Å². The van der Waals surface area contributed by atoms with Crippen LogP contribution in [0.15, 0.2) is 30.0 Å². The molecule has 1 aromatic carbocycles. The monoisotopic (exact) mass is 198 g/mol. The van der Waals surface area contributed by atoms with Crippen LogP contribution < -0.4 is 5.32 Å². The second-order valence-electron chi connectivity index (χ2n) is 4.57. The van der Waals surface area contributed by atoms with Crippen molar-refractivity contribution in [1.82, 2.24) is 5.32 Å². The topological polar surface area (TPSA) is 14.1 Å². The average molecular weight is 198 g/mol. The van der Waals surface area contributed by atoms with E-state index in [1.54, 1.807) is 0 Å². The molecule has 1 aliphatic carbocycles. The minimum absolute atomic E-state index is 0.728. The Morgan fingerprint density at radius 3 is 2.60 bits per heavy atom. The molecule has 1 aliphatic heterocycles. The van der Waals surface area contributed by atoms with E-state index in [4.69, 9.17) is 5.32 Å². The molecule has 0 spiro atoms. The van der Waals surface area contributed by atoms with Gasteiger partial charge in [-0.05, 0) is 25.0 Å². The van der Waals surface area contributed by atoms with Gasteiger partial charge >= 0.3 is 0 Å². The summed E-state index contributed by atoms with van der Waals surface area (Å²) < 4.78 is 0. The van der Waals surface area contributed by atoms with Gasteiger partial charge in [0, 0.05) is 17.2 Å². The third-order valence-electron chi connectivity index (χ3n) is 3.51. The lowest BCUT2D eigenvalue weighted by molar-refractivity contribution is 0.395. The van der Waals surface area contributed by atoms with E-state index in [2.05, 4.69) is 30.3 Å². The van der Waals surface area contributed by atoms with Gasteiger partial charge in [0.15, 0.2) is 0 Å². The largest absolute Gasteiger partial charge is 0.253 e. The lowest BCUT2D eigenvalue weighted by Gasteiger charge is -2.21. The van der Waals surface area contributed by atoms with Crippen LogP contribution in [0.3, 0.4) is 0 Å². The molecule has 1 heterocycles. The highest BCUT2D eigenvalue weighted by molar-refractivity contribution is 5.71. The van der Waals surface area contributed by atoms with Crippen molar-refractivity contribution in [3.05, 3.63) is 35.5 Å². The molecule has 0 bridgehead atoms. The maximum Gasteiger partial charge on any atom is 0.0706 e. The Labute approximate surface area is 91.2 Å². The molecular weight excluding hydrogens is 182 g/mol. The van der Waals surface area contributed by atoms with Gasteiger partial charge in [0.1, 0.15) is 0 Å². The summed E-state index contributed by atoms with van der Waals surface area (Å²) in [4.78, 5) is 0. The molecular formula is C14H16N. The first-order valence-electron chi connectivity index (χ1n) is 5.96. The highest BCUT2D eigenvalue weighted by Gasteiger charge is 2.23. The van der Waals surface area contributed by atoms with Crippen molar-refractivity contribution < 1.29 is 0 Å². The summed E-state index contributed by atoms with van der Waals surface area (Å²) in [6, 6.07) is 8.44. The fourth-order valence-electron chi connectivity index (χ4n) is 2.65. The molecule has 1 nitrogen and oxygen atoms in total. The molecule has 0 aromatic heterocycles. The molecule has 0 unspecified atom stereocenters. The van der Waals surface area contributed by atoms with Gasteiger partial charge < -0.3 is 0 Å². The molecule has 1 aromatic rings. The van der Waals surface area contributed by atoms with Crippen LogP contribution in [0.4, 0.5) is 5.69 Å². The summed E-state index contributed by atoms with van der Waals surface area (Å²) in [5, 5.41) is 4.74.